The van der Waals surface area contributed by atoms with Crippen molar-refractivity contribution in [3.05, 3.63) is 24.3 Å². The zero-order chi connectivity index (χ0) is 11.5. The second kappa shape index (κ2) is 2.98. The topological polar surface area (TPSA) is 57.5 Å². The maximum Gasteiger partial charge on any atom is 0.309 e. The highest BCUT2D eigenvalue weighted by Crippen LogP contribution is 2.57. The van der Waals surface area contributed by atoms with E-state index in [1.54, 1.807) is 13.0 Å². The van der Waals surface area contributed by atoms with Crippen LogP contribution in [0.3, 0.4) is 0 Å². The van der Waals surface area contributed by atoms with Crippen LogP contribution in [0.5, 0.6) is 0 Å². The lowest BCUT2D eigenvalue weighted by Crippen LogP contribution is -2.46. The van der Waals surface area contributed by atoms with Gasteiger partial charge in [0.1, 0.15) is 0 Å². The summed E-state index contributed by atoms with van der Waals surface area (Å²) in [5.41, 5.74) is -1.15. The molecule has 0 radical (unpaired) electrons. The van der Waals surface area contributed by atoms with Crippen molar-refractivity contribution in [1.29, 1.82) is 0 Å². The van der Waals surface area contributed by atoms with Crippen molar-refractivity contribution < 1.29 is 15.0 Å². The lowest BCUT2D eigenvalue weighted by Gasteiger charge is -2.36. The summed E-state index contributed by atoms with van der Waals surface area (Å²) in [6.07, 6.45) is 9.20. The molecule has 1 fully saturated rings. The Labute approximate surface area is 94.5 Å². The van der Waals surface area contributed by atoms with E-state index in [0.29, 0.717) is 17.8 Å². The monoisotopic (exact) mass is 220 g/mol. The summed E-state index contributed by atoms with van der Waals surface area (Å²) in [6, 6.07) is 0. The Bertz CT molecular complexity index is 398. The number of aliphatic hydroxyl groups is 1. The highest BCUT2D eigenvalue weighted by molar-refractivity contribution is 5.72. The predicted octanol–water partition coefficient (Wildman–Crippen LogP) is 1.45. The molecule has 6 atom stereocenters. The first kappa shape index (κ1) is 10.1. The van der Waals surface area contributed by atoms with Crippen LogP contribution in [0.25, 0.3) is 0 Å². The van der Waals surface area contributed by atoms with Gasteiger partial charge in [-0.15, -0.1) is 0 Å². The first-order chi connectivity index (χ1) is 7.54. The molecule has 2 bridgehead atoms. The Morgan fingerprint density at radius 1 is 1.38 bits per heavy atom. The minimum absolute atomic E-state index is 0.0774. The van der Waals surface area contributed by atoms with Crippen LogP contribution in [0, 0.1) is 29.6 Å². The van der Waals surface area contributed by atoms with Crippen LogP contribution in [0.2, 0.25) is 0 Å². The fourth-order valence-electron chi connectivity index (χ4n) is 3.78. The third-order valence-electron chi connectivity index (χ3n) is 4.70. The molecule has 3 rings (SSSR count). The summed E-state index contributed by atoms with van der Waals surface area (Å²) in [5, 5.41) is 19.7. The van der Waals surface area contributed by atoms with E-state index in [1.165, 1.54) is 0 Å². The molecular formula is C13H16O3. The van der Waals surface area contributed by atoms with Gasteiger partial charge < -0.3 is 10.2 Å². The molecule has 0 aromatic carbocycles. The van der Waals surface area contributed by atoms with Gasteiger partial charge in [0.25, 0.3) is 0 Å². The molecule has 0 aromatic heterocycles. The number of hydrogen-bond donors (Lipinski definition) is 2. The van der Waals surface area contributed by atoms with Gasteiger partial charge in [-0.1, -0.05) is 24.3 Å². The molecule has 0 aliphatic heterocycles. The highest BCUT2D eigenvalue weighted by Gasteiger charge is 2.58. The summed E-state index contributed by atoms with van der Waals surface area (Å²) in [5.74, 6) is -0.348. The van der Waals surface area contributed by atoms with Gasteiger partial charge >= 0.3 is 5.97 Å². The maximum atomic E-state index is 11.1. The van der Waals surface area contributed by atoms with E-state index in [0.717, 1.165) is 6.42 Å². The van der Waals surface area contributed by atoms with E-state index in [1.807, 2.05) is 6.08 Å². The normalized spacial score (nSPS) is 49.6. The van der Waals surface area contributed by atoms with Crippen molar-refractivity contribution in [2.75, 3.05) is 0 Å². The Morgan fingerprint density at radius 3 is 2.75 bits per heavy atom. The maximum absolute atomic E-state index is 11.1. The van der Waals surface area contributed by atoms with E-state index in [2.05, 4.69) is 12.2 Å². The number of fused-ring (bicyclic) bond motifs is 5. The van der Waals surface area contributed by atoms with Crippen molar-refractivity contribution in [2.45, 2.75) is 18.9 Å². The van der Waals surface area contributed by atoms with Crippen molar-refractivity contribution in [3.63, 3.8) is 0 Å². The molecule has 3 aliphatic rings. The molecule has 0 spiro atoms. The van der Waals surface area contributed by atoms with Crippen LogP contribution in [0.15, 0.2) is 24.3 Å². The molecule has 0 saturated heterocycles. The molecule has 86 valence electrons. The van der Waals surface area contributed by atoms with Crippen LogP contribution in [-0.2, 0) is 4.79 Å². The standard InChI is InChI=1S/C13H16O3/c1-7(12(14)15)13(16)5-4-10-8-2-3-9(6-8)11(10)13/h2-5,7-11,16H,6H2,1H3,(H,14,15). The first-order valence-electron chi connectivity index (χ1n) is 5.87. The molecule has 16 heavy (non-hydrogen) atoms. The SMILES string of the molecule is CC(C(=O)O)C1(O)C=CC2C3C=CC(C3)C21. The van der Waals surface area contributed by atoms with Gasteiger partial charge in [0.2, 0.25) is 0 Å². The van der Waals surface area contributed by atoms with E-state index in [9.17, 15) is 9.90 Å². The molecule has 0 amide bonds. The van der Waals surface area contributed by atoms with Gasteiger partial charge in [0, 0.05) is 5.92 Å². The summed E-state index contributed by atoms with van der Waals surface area (Å²) in [7, 11) is 0. The number of hydrogen-bond acceptors (Lipinski definition) is 2. The molecule has 3 aliphatic carbocycles. The largest absolute Gasteiger partial charge is 0.481 e. The average Bonchev–Trinajstić information content (AvgIpc) is 2.89. The minimum Gasteiger partial charge on any atom is -0.481 e. The Balaban J connectivity index is 1.96. The van der Waals surface area contributed by atoms with Crippen LogP contribution in [-0.4, -0.2) is 21.8 Å². The third-order valence-corrected chi connectivity index (χ3v) is 4.70. The average molecular weight is 220 g/mol. The zero-order valence-corrected chi connectivity index (χ0v) is 9.21. The molecule has 6 unspecified atom stereocenters. The van der Waals surface area contributed by atoms with E-state index in [-0.39, 0.29) is 5.92 Å². The van der Waals surface area contributed by atoms with Crippen LogP contribution in [0.1, 0.15) is 13.3 Å². The van der Waals surface area contributed by atoms with Gasteiger partial charge in [-0.05, 0) is 31.1 Å². The molecule has 0 aromatic rings. The Hall–Kier alpha value is -1.09. The molecule has 3 nitrogen and oxygen atoms in total. The van der Waals surface area contributed by atoms with Crippen LogP contribution in [0.4, 0.5) is 0 Å². The van der Waals surface area contributed by atoms with Crippen molar-refractivity contribution in [1.82, 2.24) is 0 Å². The Kier molecular flexibility index (Phi) is 1.88. The number of carboxylic acid groups (broad SMARTS) is 1. The van der Waals surface area contributed by atoms with E-state index in [4.69, 9.17) is 5.11 Å². The number of aliphatic carboxylic acids is 1. The number of allylic oxidation sites excluding steroid dienone is 3. The zero-order valence-electron chi connectivity index (χ0n) is 9.21. The molecule has 3 heteroatoms. The summed E-state index contributed by atoms with van der Waals surface area (Å²) < 4.78 is 0. The van der Waals surface area contributed by atoms with Gasteiger partial charge in [0.05, 0.1) is 11.5 Å². The lowest BCUT2D eigenvalue weighted by molar-refractivity contribution is -0.151. The summed E-state index contributed by atoms with van der Waals surface area (Å²) in [4.78, 5) is 11.1. The first-order valence-corrected chi connectivity index (χ1v) is 5.87. The number of carboxylic acids is 1. The molecular weight excluding hydrogens is 204 g/mol. The van der Waals surface area contributed by atoms with Crippen molar-refractivity contribution in [2.24, 2.45) is 29.6 Å². The fraction of sp³-hybridized carbons (Fsp3) is 0.615. The molecule has 0 heterocycles. The minimum atomic E-state index is -1.15. The van der Waals surface area contributed by atoms with Gasteiger partial charge in [0.15, 0.2) is 0 Å². The molecule has 2 N–H and O–H groups in total. The number of rotatable bonds is 2. The van der Waals surface area contributed by atoms with Crippen LogP contribution >= 0.6 is 0 Å². The highest BCUT2D eigenvalue weighted by atomic mass is 16.4. The summed E-state index contributed by atoms with van der Waals surface area (Å²) in [6.45, 7) is 1.60. The van der Waals surface area contributed by atoms with Crippen molar-refractivity contribution in [3.8, 4) is 0 Å². The Morgan fingerprint density at radius 2 is 2.06 bits per heavy atom. The third kappa shape index (κ3) is 1.04. The second-order valence-electron chi connectivity index (χ2n) is 5.36. The fourth-order valence-corrected chi connectivity index (χ4v) is 3.78. The quantitative estimate of drug-likeness (QED) is 0.692. The van der Waals surface area contributed by atoms with Gasteiger partial charge in [-0.25, -0.2) is 0 Å². The lowest BCUT2D eigenvalue weighted by atomic mass is 9.72. The van der Waals surface area contributed by atoms with Crippen LogP contribution < -0.4 is 0 Å². The van der Waals surface area contributed by atoms with Gasteiger partial charge in [-0.3, -0.25) is 4.79 Å². The van der Waals surface area contributed by atoms with E-state index < -0.39 is 17.5 Å². The number of carbonyl (C=O) groups is 1. The van der Waals surface area contributed by atoms with Crippen molar-refractivity contribution >= 4 is 5.97 Å². The van der Waals surface area contributed by atoms with E-state index >= 15 is 0 Å². The smallest absolute Gasteiger partial charge is 0.309 e. The second-order valence-corrected chi connectivity index (χ2v) is 5.36. The molecule has 1 saturated carbocycles. The predicted molar refractivity (Wildman–Crippen MR) is 58.6 cm³/mol. The van der Waals surface area contributed by atoms with Gasteiger partial charge in [-0.2, -0.15) is 0 Å². The summed E-state index contributed by atoms with van der Waals surface area (Å²) >= 11 is 0.